The van der Waals surface area contributed by atoms with Gasteiger partial charge in [-0.05, 0) is 25.1 Å². The smallest absolute Gasteiger partial charge is 0.243 e. The Morgan fingerprint density at radius 1 is 0.973 bits per heavy atom. The van der Waals surface area contributed by atoms with E-state index in [4.69, 9.17) is 14.2 Å². The van der Waals surface area contributed by atoms with Crippen LogP contribution in [0.25, 0.3) is 17.2 Å². The average Bonchev–Trinajstić information content (AvgIpc) is 3.31. The number of anilines is 1. The molecule has 3 heterocycles. The molecule has 0 saturated heterocycles. The highest BCUT2D eigenvalue weighted by Gasteiger charge is 2.29. The van der Waals surface area contributed by atoms with Crippen LogP contribution in [0.5, 0.6) is 17.4 Å². The van der Waals surface area contributed by atoms with E-state index in [0.717, 1.165) is 12.4 Å². The summed E-state index contributed by atoms with van der Waals surface area (Å²) in [5.41, 5.74) is 0.711. The van der Waals surface area contributed by atoms with Gasteiger partial charge in [0.15, 0.2) is 11.6 Å². The van der Waals surface area contributed by atoms with Gasteiger partial charge >= 0.3 is 0 Å². The third kappa shape index (κ3) is 5.43. The molecule has 0 aliphatic heterocycles. The zero-order chi connectivity index (χ0) is 26.6. The average molecular weight is 530 g/mol. The molecule has 0 fully saturated rings. The Labute approximate surface area is 212 Å². The molecule has 1 atom stereocenters. The van der Waals surface area contributed by atoms with Gasteiger partial charge in [-0.15, -0.1) is 10.2 Å². The summed E-state index contributed by atoms with van der Waals surface area (Å²) in [6, 6.07) is 10.2. The van der Waals surface area contributed by atoms with E-state index in [1.165, 1.54) is 32.8 Å². The summed E-state index contributed by atoms with van der Waals surface area (Å²) in [6.45, 7) is 1.48. The molecule has 12 nitrogen and oxygen atoms in total. The molecule has 194 valence electrons. The quantitative estimate of drug-likeness (QED) is 0.326. The third-order valence-electron chi connectivity index (χ3n) is 5.36. The molecule has 1 N–H and O–H groups in total. The topological polar surface area (TPSA) is 143 Å². The molecule has 0 amide bonds. The van der Waals surface area contributed by atoms with Crippen LogP contribution >= 0.6 is 0 Å². The first-order valence-electron chi connectivity index (χ1n) is 10.9. The SMILES string of the molecule is COc1cccc(-c2nnc(NS(=O)(=O)C(C)Cc3ncc(F)cn3)n2-c2c(OC)cccc2OC)n1. The van der Waals surface area contributed by atoms with Crippen LogP contribution in [0.3, 0.4) is 0 Å². The Hall–Kier alpha value is -4.33. The largest absolute Gasteiger partial charge is 0.494 e. The first kappa shape index (κ1) is 25.8. The number of hydrogen-bond donors (Lipinski definition) is 1. The molecule has 0 aliphatic carbocycles. The second-order valence-corrected chi connectivity index (χ2v) is 9.84. The maximum Gasteiger partial charge on any atom is 0.243 e. The van der Waals surface area contributed by atoms with Crippen molar-refractivity contribution in [3.63, 3.8) is 0 Å². The molecule has 0 saturated carbocycles. The third-order valence-corrected chi connectivity index (χ3v) is 7.05. The van der Waals surface area contributed by atoms with Crippen LogP contribution in [0.2, 0.25) is 0 Å². The van der Waals surface area contributed by atoms with Gasteiger partial charge in [-0.2, -0.15) is 0 Å². The summed E-state index contributed by atoms with van der Waals surface area (Å²) in [5, 5.41) is 7.33. The molecule has 0 spiro atoms. The molecular formula is C23H24FN7O5S. The van der Waals surface area contributed by atoms with Gasteiger partial charge in [0.2, 0.25) is 21.9 Å². The number of nitrogens with one attached hydrogen (secondary N) is 1. The number of hydrogen-bond acceptors (Lipinski definition) is 10. The Bertz CT molecular complexity index is 1470. The fourth-order valence-corrected chi connectivity index (χ4v) is 4.43. The Morgan fingerprint density at radius 3 is 2.24 bits per heavy atom. The van der Waals surface area contributed by atoms with E-state index >= 15 is 0 Å². The summed E-state index contributed by atoms with van der Waals surface area (Å²) >= 11 is 0. The molecule has 0 aliphatic rings. The lowest BCUT2D eigenvalue weighted by atomic mass is 10.2. The summed E-state index contributed by atoms with van der Waals surface area (Å²) < 4.78 is 60.0. The van der Waals surface area contributed by atoms with Gasteiger partial charge in [0.25, 0.3) is 0 Å². The van der Waals surface area contributed by atoms with E-state index in [0.29, 0.717) is 28.8 Å². The molecule has 3 aromatic heterocycles. The Kier molecular flexibility index (Phi) is 7.47. The highest BCUT2D eigenvalue weighted by atomic mass is 32.2. The van der Waals surface area contributed by atoms with Crippen LogP contribution in [0, 0.1) is 5.82 Å². The van der Waals surface area contributed by atoms with Crippen molar-refractivity contribution in [1.82, 2.24) is 29.7 Å². The van der Waals surface area contributed by atoms with E-state index < -0.39 is 21.1 Å². The van der Waals surface area contributed by atoms with Gasteiger partial charge in [0.05, 0.1) is 39.0 Å². The number of pyridine rings is 1. The zero-order valence-electron chi connectivity index (χ0n) is 20.4. The number of benzene rings is 1. The maximum atomic E-state index is 13.3. The minimum absolute atomic E-state index is 0.0635. The Balaban J connectivity index is 1.82. The lowest BCUT2D eigenvalue weighted by Crippen LogP contribution is -2.29. The lowest BCUT2D eigenvalue weighted by molar-refractivity contribution is 0.391. The van der Waals surface area contributed by atoms with Crippen molar-refractivity contribution >= 4 is 16.0 Å². The van der Waals surface area contributed by atoms with Gasteiger partial charge in [0, 0.05) is 12.5 Å². The number of ether oxygens (including phenoxy) is 3. The normalized spacial score (nSPS) is 12.1. The van der Waals surface area contributed by atoms with Gasteiger partial charge in [0.1, 0.15) is 28.7 Å². The van der Waals surface area contributed by atoms with Crippen LogP contribution in [-0.2, 0) is 16.4 Å². The van der Waals surface area contributed by atoms with Crippen molar-refractivity contribution < 1.29 is 27.0 Å². The summed E-state index contributed by atoms with van der Waals surface area (Å²) in [5.74, 6) is 0.702. The second-order valence-electron chi connectivity index (χ2n) is 7.74. The zero-order valence-corrected chi connectivity index (χ0v) is 21.2. The fraction of sp³-hybridized carbons (Fsp3) is 0.261. The number of rotatable bonds is 10. The molecule has 1 aromatic carbocycles. The fourth-order valence-electron chi connectivity index (χ4n) is 3.47. The monoisotopic (exact) mass is 529 g/mol. The first-order chi connectivity index (χ1) is 17.8. The molecule has 14 heteroatoms. The van der Waals surface area contributed by atoms with Crippen LogP contribution in [0.1, 0.15) is 12.7 Å². The number of para-hydroxylation sites is 1. The number of aromatic nitrogens is 6. The van der Waals surface area contributed by atoms with Crippen molar-refractivity contribution in [2.24, 2.45) is 0 Å². The van der Waals surface area contributed by atoms with Crippen molar-refractivity contribution in [2.75, 3.05) is 26.1 Å². The van der Waals surface area contributed by atoms with Crippen molar-refractivity contribution in [3.8, 4) is 34.6 Å². The number of methoxy groups -OCH3 is 3. The first-order valence-corrected chi connectivity index (χ1v) is 12.5. The second kappa shape index (κ2) is 10.7. The molecule has 0 bridgehead atoms. The van der Waals surface area contributed by atoms with E-state index in [-0.39, 0.29) is 24.0 Å². The molecule has 4 rings (SSSR count). The maximum absolute atomic E-state index is 13.3. The van der Waals surface area contributed by atoms with E-state index in [2.05, 4.69) is 29.9 Å². The van der Waals surface area contributed by atoms with Gasteiger partial charge < -0.3 is 14.2 Å². The molecule has 37 heavy (non-hydrogen) atoms. The molecular weight excluding hydrogens is 505 g/mol. The van der Waals surface area contributed by atoms with Crippen molar-refractivity contribution in [3.05, 3.63) is 60.4 Å². The standard InChI is InChI=1S/C23H24FN7O5S/c1-14(11-19-25-12-15(24)13-26-19)37(32,33)30-23-29-28-22(16-7-5-10-20(27-16)36-4)31(23)21-17(34-2)8-6-9-18(21)35-3/h5-10,12-14H,11H2,1-4H3,(H,29,30). The molecule has 1 unspecified atom stereocenters. The van der Waals surface area contributed by atoms with E-state index in [9.17, 15) is 12.8 Å². The van der Waals surface area contributed by atoms with Gasteiger partial charge in [-0.3, -0.25) is 9.29 Å². The minimum Gasteiger partial charge on any atom is -0.494 e. The highest BCUT2D eigenvalue weighted by Crippen LogP contribution is 2.37. The van der Waals surface area contributed by atoms with Crippen LogP contribution in [0.15, 0.2) is 48.8 Å². The highest BCUT2D eigenvalue weighted by molar-refractivity contribution is 7.93. The van der Waals surface area contributed by atoms with Crippen LogP contribution < -0.4 is 18.9 Å². The molecule has 4 aromatic rings. The van der Waals surface area contributed by atoms with Gasteiger partial charge in [-0.25, -0.2) is 27.8 Å². The summed E-state index contributed by atoms with van der Waals surface area (Å²) in [4.78, 5) is 12.1. The predicted octanol–water partition coefficient (Wildman–Crippen LogP) is 2.66. The van der Waals surface area contributed by atoms with E-state index in [1.807, 2.05) is 0 Å². The van der Waals surface area contributed by atoms with Gasteiger partial charge in [-0.1, -0.05) is 12.1 Å². The van der Waals surface area contributed by atoms with Crippen LogP contribution in [-0.4, -0.2) is 64.7 Å². The van der Waals surface area contributed by atoms with Crippen LogP contribution in [0.4, 0.5) is 10.3 Å². The van der Waals surface area contributed by atoms with Crippen molar-refractivity contribution in [2.45, 2.75) is 18.6 Å². The van der Waals surface area contributed by atoms with Crippen molar-refractivity contribution in [1.29, 1.82) is 0 Å². The minimum atomic E-state index is -4.05. The number of sulfonamides is 1. The molecule has 0 radical (unpaired) electrons. The summed E-state index contributed by atoms with van der Waals surface area (Å²) in [6.07, 6.45) is 1.90. The number of halogens is 1. The Morgan fingerprint density at radius 2 is 1.62 bits per heavy atom. The lowest BCUT2D eigenvalue weighted by Gasteiger charge is -2.18. The van der Waals surface area contributed by atoms with E-state index in [1.54, 1.807) is 36.4 Å². The predicted molar refractivity (Wildman–Crippen MR) is 132 cm³/mol. The number of nitrogens with zero attached hydrogens (tertiary/aromatic N) is 6. The summed E-state index contributed by atoms with van der Waals surface area (Å²) in [7, 11) is 0.377.